The van der Waals surface area contributed by atoms with Gasteiger partial charge in [-0.15, -0.1) is 0 Å². The van der Waals surface area contributed by atoms with Gasteiger partial charge in [-0.1, -0.05) is 40.5 Å². The molecule has 0 saturated carbocycles. The molecule has 0 rings (SSSR count). The minimum Gasteiger partial charge on any atom is -0.198 e. The highest BCUT2D eigenvalue weighted by molar-refractivity contribution is 4.67. The molecule has 0 aromatic rings. The van der Waals surface area contributed by atoms with Gasteiger partial charge in [0.1, 0.15) is 0 Å². The molecule has 0 fully saturated rings. The van der Waals surface area contributed by atoms with E-state index in [9.17, 15) is 0 Å². The smallest absolute Gasteiger partial charge is 0.0621 e. The molecular formula is C10H21N. The van der Waals surface area contributed by atoms with E-state index < -0.39 is 0 Å². The first kappa shape index (κ1) is 13.1. The molecule has 0 atom stereocenters. The van der Waals surface area contributed by atoms with Crippen molar-refractivity contribution in [2.45, 2.75) is 53.4 Å². The summed E-state index contributed by atoms with van der Waals surface area (Å²) in [5.74, 6) is 0.833. The Morgan fingerprint density at radius 3 is 1.91 bits per heavy atom. The second-order valence-electron chi connectivity index (χ2n) is 3.35. The van der Waals surface area contributed by atoms with Crippen molar-refractivity contribution in [1.82, 2.24) is 0 Å². The molecular weight excluding hydrogens is 134 g/mol. The molecule has 0 aliphatic rings. The van der Waals surface area contributed by atoms with Gasteiger partial charge in [-0.05, 0) is 12.3 Å². The Balaban J connectivity index is 0. The van der Waals surface area contributed by atoms with Crippen LogP contribution >= 0.6 is 0 Å². The maximum absolute atomic E-state index is 8.04. The first-order valence-corrected chi connectivity index (χ1v) is 4.52. The topological polar surface area (TPSA) is 23.8 Å². The van der Waals surface area contributed by atoms with Gasteiger partial charge in [0, 0.05) is 6.42 Å². The molecule has 1 nitrogen and oxygen atoms in total. The molecule has 0 aromatic carbocycles. The summed E-state index contributed by atoms with van der Waals surface area (Å²) >= 11 is 0. The fourth-order valence-corrected chi connectivity index (χ4v) is 0.454. The van der Waals surface area contributed by atoms with E-state index in [-0.39, 0.29) is 0 Å². The van der Waals surface area contributed by atoms with E-state index in [0.717, 1.165) is 18.8 Å². The monoisotopic (exact) mass is 155 g/mol. The minimum absolute atomic E-state index is 0.730. The van der Waals surface area contributed by atoms with Crippen molar-refractivity contribution < 1.29 is 0 Å². The lowest BCUT2D eigenvalue weighted by molar-refractivity contribution is 0.734. The van der Waals surface area contributed by atoms with Gasteiger partial charge >= 0.3 is 0 Å². The summed E-state index contributed by atoms with van der Waals surface area (Å²) in [7, 11) is 0. The number of hydrogen-bond donors (Lipinski definition) is 0. The van der Waals surface area contributed by atoms with E-state index in [2.05, 4.69) is 33.8 Å². The van der Waals surface area contributed by atoms with Crippen LogP contribution in [0.2, 0.25) is 0 Å². The molecule has 0 aliphatic heterocycles. The molecule has 0 amide bonds. The highest BCUT2D eigenvalue weighted by Gasteiger charge is 1.79. The third-order valence-corrected chi connectivity index (χ3v) is 0.892. The first-order chi connectivity index (χ1) is 5.15. The Kier molecular flexibility index (Phi) is 14.5. The highest BCUT2D eigenvalue weighted by atomic mass is 14.2. The van der Waals surface area contributed by atoms with Gasteiger partial charge in [0.05, 0.1) is 6.07 Å². The van der Waals surface area contributed by atoms with Crippen LogP contribution < -0.4 is 0 Å². The number of unbranched alkanes of at least 4 members (excludes halogenated alkanes) is 3. The summed E-state index contributed by atoms with van der Waals surface area (Å²) in [5.41, 5.74) is 0. The second kappa shape index (κ2) is 12.2. The maximum atomic E-state index is 8.04. The predicted octanol–water partition coefficient (Wildman–Crippen LogP) is 3.75. The van der Waals surface area contributed by atoms with Gasteiger partial charge in [-0.2, -0.15) is 5.26 Å². The molecule has 0 aromatic heterocycles. The number of hydrogen-bond acceptors (Lipinski definition) is 1. The molecule has 0 aliphatic carbocycles. The summed E-state index contributed by atoms with van der Waals surface area (Å²) < 4.78 is 0. The fourth-order valence-electron chi connectivity index (χ4n) is 0.454. The molecule has 0 saturated heterocycles. The van der Waals surface area contributed by atoms with Gasteiger partial charge in [0.2, 0.25) is 0 Å². The van der Waals surface area contributed by atoms with E-state index in [1.807, 2.05) is 0 Å². The third-order valence-electron chi connectivity index (χ3n) is 0.892. The molecule has 0 radical (unpaired) electrons. The second-order valence-corrected chi connectivity index (χ2v) is 3.35. The Hall–Kier alpha value is -0.510. The zero-order valence-corrected chi connectivity index (χ0v) is 8.35. The highest BCUT2D eigenvalue weighted by Crippen LogP contribution is 1.95. The van der Waals surface area contributed by atoms with Crippen LogP contribution in [0.15, 0.2) is 0 Å². The average molecular weight is 155 g/mol. The molecule has 0 bridgehead atoms. The van der Waals surface area contributed by atoms with Crippen molar-refractivity contribution in [3.8, 4) is 6.07 Å². The zero-order valence-electron chi connectivity index (χ0n) is 8.35. The van der Waals surface area contributed by atoms with Crippen LogP contribution in [-0.4, -0.2) is 0 Å². The fraction of sp³-hybridized carbons (Fsp3) is 0.900. The molecule has 0 spiro atoms. The summed E-state index contributed by atoms with van der Waals surface area (Å²) in [6, 6.07) is 2.10. The molecule has 0 heterocycles. The summed E-state index contributed by atoms with van der Waals surface area (Å²) in [6.07, 6.45) is 4.22. The SMILES string of the molecule is CC(C)C.CCCCCC#N. The van der Waals surface area contributed by atoms with Crippen molar-refractivity contribution >= 4 is 0 Å². The summed E-state index contributed by atoms with van der Waals surface area (Å²) in [6.45, 7) is 8.64. The van der Waals surface area contributed by atoms with Crippen molar-refractivity contribution in [2.75, 3.05) is 0 Å². The van der Waals surface area contributed by atoms with E-state index in [0.29, 0.717) is 0 Å². The van der Waals surface area contributed by atoms with E-state index in [4.69, 9.17) is 5.26 Å². The molecule has 0 N–H and O–H groups in total. The van der Waals surface area contributed by atoms with Crippen molar-refractivity contribution in [3.05, 3.63) is 0 Å². The van der Waals surface area contributed by atoms with Crippen LogP contribution in [-0.2, 0) is 0 Å². The summed E-state index contributed by atoms with van der Waals surface area (Å²) in [4.78, 5) is 0. The number of nitrogens with zero attached hydrogens (tertiary/aromatic N) is 1. The summed E-state index contributed by atoms with van der Waals surface area (Å²) in [5, 5.41) is 8.04. The van der Waals surface area contributed by atoms with Crippen LogP contribution in [0, 0.1) is 17.2 Å². The Morgan fingerprint density at radius 2 is 1.64 bits per heavy atom. The van der Waals surface area contributed by atoms with Gasteiger partial charge in [0.25, 0.3) is 0 Å². The Labute approximate surface area is 71.4 Å². The lowest BCUT2D eigenvalue weighted by Crippen LogP contribution is -1.68. The van der Waals surface area contributed by atoms with Crippen LogP contribution in [0.1, 0.15) is 53.4 Å². The van der Waals surface area contributed by atoms with E-state index >= 15 is 0 Å². The molecule has 1 heteroatoms. The van der Waals surface area contributed by atoms with Crippen molar-refractivity contribution in [2.24, 2.45) is 5.92 Å². The van der Waals surface area contributed by atoms with Gasteiger partial charge in [-0.3, -0.25) is 0 Å². The van der Waals surface area contributed by atoms with Gasteiger partial charge in [0.15, 0.2) is 0 Å². The largest absolute Gasteiger partial charge is 0.198 e. The molecule has 11 heavy (non-hydrogen) atoms. The van der Waals surface area contributed by atoms with E-state index in [1.54, 1.807) is 0 Å². The molecule has 66 valence electrons. The Morgan fingerprint density at radius 1 is 1.18 bits per heavy atom. The minimum atomic E-state index is 0.730. The van der Waals surface area contributed by atoms with Crippen LogP contribution in [0.5, 0.6) is 0 Å². The first-order valence-electron chi connectivity index (χ1n) is 4.52. The van der Waals surface area contributed by atoms with Crippen LogP contribution in [0.25, 0.3) is 0 Å². The van der Waals surface area contributed by atoms with Crippen LogP contribution in [0.3, 0.4) is 0 Å². The van der Waals surface area contributed by atoms with Crippen molar-refractivity contribution in [3.63, 3.8) is 0 Å². The Bertz CT molecular complexity index is 86.8. The van der Waals surface area contributed by atoms with Gasteiger partial charge < -0.3 is 0 Å². The standard InChI is InChI=1S/C6H11N.C4H10/c1-2-3-4-5-6-7;1-4(2)3/h2-5H2,1H3;4H,1-3H3. The number of rotatable bonds is 3. The normalized spacial score (nSPS) is 8.36. The lowest BCUT2D eigenvalue weighted by atomic mass is 10.2. The third kappa shape index (κ3) is 43.7. The lowest BCUT2D eigenvalue weighted by Gasteiger charge is -1.84. The van der Waals surface area contributed by atoms with E-state index in [1.165, 1.54) is 12.8 Å². The quantitative estimate of drug-likeness (QED) is 0.569. The molecule has 0 unspecified atom stereocenters. The predicted molar refractivity (Wildman–Crippen MR) is 50.3 cm³/mol. The number of nitriles is 1. The zero-order chi connectivity index (χ0) is 9.11. The average Bonchev–Trinajstić information content (AvgIpc) is 1.88. The van der Waals surface area contributed by atoms with Crippen molar-refractivity contribution in [1.29, 1.82) is 5.26 Å². The maximum Gasteiger partial charge on any atom is 0.0621 e. The van der Waals surface area contributed by atoms with Gasteiger partial charge in [-0.25, -0.2) is 0 Å². The van der Waals surface area contributed by atoms with Crippen LogP contribution in [0.4, 0.5) is 0 Å².